The Morgan fingerprint density at radius 2 is 2.19 bits per heavy atom. The number of hydrogen-bond acceptors (Lipinski definition) is 4. The highest BCUT2D eigenvalue weighted by atomic mass is 79.9. The topological polar surface area (TPSA) is 48.3 Å². The van der Waals surface area contributed by atoms with Gasteiger partial charge in [-0.05, 0) is 53.7 Å². The smallest absolute Gasteiger partial charge is 0.175 e. The number of halogens is 1. The van der Waals surface area contributed by atoms with Crippen LogP contribution in [0.3, 0.4) is 0 Å². The lowest BCUT2D eigenvalue weighted by Gasteiger charge is -2.15. The van der Waals surface area contributed by atoms with Crippen molar-refractivity contribution >= 4 is 15.9 Å². The lowest BCUT2D eigenvalue weighted by Crippen LogP contribution is -2.10. The van der Waals surface area contributed by atoms with E-state index in [-0.39, 0.29) is 0 Å². The first-order chi connectivity index (χ1) is 10.2. The summed E-state index contributed by atoms with van der Waals surface area (Å²) in [5.41, 5.74) is 1.15. The number of hydrogen-bond donors (Lipinski definition) is 1. The van der Waals surface area contributed by atoms with Crippen LogP contribution in [0, 0.1) is 0 Å². The standard InChI is InChI=1S/C15H20BrN3O2/c1-3-20-14-10-12(11-17-2)9-13(16)15(14)21-8-7-19-6-4-5-18-19/h4-6,9-10,17H,3,7-8,11H2,1-2H3. The Morgan fingerprint density at radius 3 is 2.86 bits per heavy atom. The van der Waals surface area contributed by atoms with Gasteiger partial charge >= 0.3 is 0 Å². The number of nitrogens with zero attached hydrogens (tertiary/aromatic N) is 2. The maximum atomic E-state index is 5.87. The van der Waals surface area contributed by atoms with Gasteiger partial charge in [-0.3, -0.25) is 4.68 Å². The van der Waals surface area contributed by atoms with E-state index in [4.69, 9.17) is 9.47 Å². The number of aromatic nitrogens is 2. The first kappa shape index (κ1) is 15.9. The van der Waals surface area contributed by atoms with E-state index in [1.165, 1.54) is 0 Å². The fraction of sp³-hybridized carbons (Fsp3) is 0.400. The van der Waals surface area contributed by atoms with E-state index in [0.29, 0.717) is 19.8 Å². The molecule has 0 fully saturated rings. The highest BCUT2D eigenvalue weighted by molar-refractivity contribution is 9.10. The molecule has 6 heteroatoms. The van der Waals surface area contributed by atoms with Crippen molar-refractivity contribution in [3.8, 4) is 11.5 Å². The molecule has 0 unspecified atom stereocenters. The Kier molecular flexibility index (Phi) is 6.07. The third-order valence-electron chi connectivity index (χ3n) is 2.88. The first-order valence-electron chi connectivity index (χ1n) is 6.94. The Labute approximate surface area is 133 Å². The van der Waals surface area contributed by atoms with Crippen LogP contribution in [-0.4, -0.2) is 30.0 Å². The van der Waals surface area contributed by atoms with Gasteiger partial charge in [0, 0.05) is 18.9 Å². The molecule has 0 aliphatic heterocycles. The molecular weight excluding hydrogens is 334 g/mol. The van der Waals surface area contributed by atoms with Gasteiger partial charge in [0.25, 0.3) is 0 Å². The first-order valence-corrected chi connectivity index (χ1v) is 7.74. The fourth-order valence-corrected chi connectivity index (χ4v) is 2.61. The molecule has 0 saturated heterocycles. The molecule has 0 radical (unpaired) electrons. The van der Waals surface area contributed by atoms with Gasteiger partial charge in [0.05, 0.1) is 17.6 Å². The van der Waals surface area contributed by atoms with E-state index in [0.717, 1.165) is 28.1 Å². The SMILES string of the molecule is CCOc1cc(CNC)cc(Br)c1OCCn1cccn1. The van der Waals surface area contributed by atoms with Gasteiger partial charge in [-0.2, -0.15) is 5.10 Å². The van der Waals surface area contributed by atoms with E-state index in [9.17, 15) is 0 Å². The van der Waals surface area contributed by atoms with Gasteiger partial charge in [-0.15, -0.1) is 0 Å². The average molecular weight is 354 g/mol. The van der Waals surface area contributed by atoms with Gasteiger partial charge < -0.3 is 14.8 Å². The van der Waals surface area contributed by atoms with E-state index in [1.807, 2.05) is 43.0 Å². The molecule has 0 aliphatic rings. The van der Waals surface area contributed by atoms with E-state index >= 15 is 0 Å². The molecule has 0 aliphatic carbocycles. The Morgan fingerprint density at radius 1 is 1.33 bits per heavy atom. The van der Waals surface area contributed by atoms with Crippen molar-refractivity contribution in [3.05, 3.63) is 40.6 Å². The monoisotopic (exact) mass is 353 g/mol. The minimum absolute atomic E-state index is 0.533. The molecule has 5 nitrogen and oxygen atoms in total. The third kappa shape index (κ3) is 4.47. The van der Waals surface area contributed by atoms with Gasteiger partial charge in [-0.1, -0.05) is 0 Å². The molecule has 0 amide bonds. The molecule has 21 heavy (non-hydrogen) atoms. The zero-order valence-electron chi connectivity index (χ0n) is 12.3. The van der Waals surface area contributed by atoms with Crippen molar-refractivity contribution in [2.75, 3.05) is 20.3 Å². The minimum Gasteiger partial charge on any atom is -0.490 e. The zero-order valence-corrected chi connectivity index (χ0v) is 13.9. The van der Waals surface area contributed by atoms with E-state index < -0.39 is 0 Å². The quantitative estimate of drug-likeness (QED) is 0.792. The molecule has 1 heterocycles. The molecule has 1 aromatic heterocycles. The van der Waals surface area contributed by atoms with Crippen LogP contribution in [0.4, 0.5) is 0 Å². The van der Waals surface area contributed by atoms with Crippen LogP contribution in [0.25, 0.3) is 0 Å². The van der Waals surface area contributed by atoms with Crippen molar-refractivity contribution in [2.24, 2.45) is 0 Å². The lowest BCUT2D eigenvalue weighted by molar-refractivity contribution is 0.260. The summed E-state index contributed by atoms with van der Waals surface area (Å²) >= 11 is 3.56. The van der Waals surface area contributed by atoms with Crippen LogP contribution in [0.5, 0.6) is 11.5 Å². The molecule has 1 aromatic carbocycles. The summed E-state index contributed by atoms with van der Waals surface area (Å²) in [6, 6.07) is 5.95. The van der Waals surface area contributed by atoms with Crippen LogP contribution in [-0.2, 0) is 13.1 Å². The summed E-state index contributed by atoms with van der Waals surface area (Å²) in [5, 5.41) is 7.29. The molecule has 114 valence electrons. The van der Waals surface area contributed by atoms with E-state index in [1.54, 1.807) is 6.20 Å². The second-order valence-electron chi connectivity index (χ2n) is 4.49. The van der Waals surface area contributed by atoms with Gasteiger partial charge in [-0.25, -0.2) is 0 Å². The summed E-state index contributed by atoms with van der Waals surface area (Å²) in [6.07, 6.45) is 3.67. The molecule has 0 bridgehead atoms. The molecule has 0 saturated carbocycles. The predicted octanol–water partition coefficient (Wildman–Crippen LogP) is 2.84. The molecule has 0 spiro atoms. The molecule has 0 atom stereocenters. The van der Waals surface area contributed by atoms with E-state index in [2.05, 4.69) is 26.3 Å². The zero-order chi connectivity index (χ0) is 15.1. The average Bonchev–Trinajstić information content (AvgIpc) is 2.95. The maximum absolute atomic E-state index is 5.87. The number of ether oxygens (including phenoxy) is 2. The molecular formula is C15H20BrN3O2. The summed E-state index contributed by atoms with van der Waals surface area (Å²) in [5.74, 6) is 1.50. The Balaban J connectivity index is 2.08. The molecule has 2 rings (SSSR count). The Bertz CT molecular complexity index is 558. The highest BCUT2D eigenvalue weighted by Gasteiger charge is 2.12. The summed E-state index contributed by atoms with van der Waals surface area (Å²) in [6.45, 7) is 4.58. The second kappa shape index (κ2) is 8.05. The van der Waals surface area contributed by atoms with Crippen molar-refractivity contribution in [1.29, 1.82) is 0 Å². The van der Waals surface area contributed by atoms with Gasteiger partial charge in [0.2, 0.25) is 0 Å². The van der Waals surface area contributed by atoms with Crippen molar-refractivity contribution in [3.63, 3.8) is 0 Å². The molecule has 1 N–H and O–H groups in total. The van der Waals surface area contributed by atoms with Crippen molar-refractivity contribution < 1.29 is 9.47 Å². The summed E-state index contributed by atoms with van der Waals surface area (Å²) in [4.78, 5) is 0. The second-order valence-corrected chi connectivity index (χ2v) is 5.34. The minimum atomic E-state index is 0.533. The predicted molar refractivity (Wildman–Crippen MR) is 85.8 cm³/mol. The summed E-state index contributed by atoms with van der Waals surface area (Å²) in [7, 11) is 1.92. The number of rotatable bonds is 8. The number of nitrogens with one attached hydrogen (secondary N) is 1. The Hall–Kier alpha value is -1.53. The highest BCUT2D eigenvalue weighted by Crippen LogP contribution is 2.37. The lowest BCUT2D eigenvalue weighted by atomic mass is 10.2. The summed E-state index contributed by atoms with van der Waals surface area (Å²) < 4.78 is 14.3. The van der Waals surface area contributed by atoms with Crippen LogP contribution in [0.15, 0.2) is 35.1 Å². The maximum Gasteiger partial charge on any atom is 0.175 e. The van der Waals surface area contributed by atoms with Crippen LogP contribution in [0.1, 0.15) is 12.5 Å². The number of benzene rings is 1. The third-order valence-corrected chi connectivity index (χ3v) is 3.47. The fourth-order valence-electron chi connectivity index (χ4n) is 2.00. The van der Waals surface area contributed by atoms with Crippen molar-refractivity contribution in [2.45, 2.75) is 20.0 Å². The van der Waals surface area contributed by atoms with Crippen LogP contribution >= 0.6 is 15.9 Å². The largest absolute Gasteiger partial charge is 0.490 e. The normalized spacial score (nSPS) is 10.6. The van der Waals surface area contributed by atoms with Crippen molar-refractivity contribution in [1.82, 2.24) is 15.1 Å². The van der Waals surface area contributed by atoms with Gasteiger partial charge in [0.15, 0.2) is 11.5 Å². The van der Waals surface area contributed by atoms with Crippen LogP contribution < -0.4 is 14.8 Å². The molecule has 2 aromatic rings. The van der Waals surface area contributed by atoms with Crippen LogP contribution in [0.2, 0.25) is 0 Å². The van der Waals surface area contributed by atoms with Gasteiger partial charge in [0.1, 0.15) is 6.61 Å².